The van der Waals surface area contributed by atoms with Gasteiger partial charge in [-0.3, -0.25) is 10.5 Å². The average Bonchev–Trinajstić information content (AvgIpc) is 3.03. The molecule has 6 nitrogen and oxygen atoms in total. The molecule has 2 aromatic rings. The van der Waals surface area contributed by atoms with E-state index in [1.54, 1.807) is 0 Å². The second-order valence-electron chi connectivity index (χ2n) is 4.47. The average molecular weight is 280 g/mol. The summed E-state index contributed by atoms with van der Waals surface area (Å²) in [6.45, 7) is 5.18. The van der Waals surface area contributed by atoms with Gasteiger partial charge in [-0.25, -0.2) is 5.43 Å². The van der Waals surface area contributed by atoms with Crippen molar-refractivity contribution in [3.05, 3.63) is 28.5 Å². The van der Waals surface area contributed by atoms with Crippen LogP contribution in [0.25, 0.3) is 0 Å². The summed E-state index contributed by atoms with van der Waals surface area (Å²) in [5.41, 5.74) is 4.93. The lowest BCUT2D eigenvalue weighted by Crippen LogP contribution is -2.28. The number of hydrazine groups is 1. The third-order valence-electron chi connectivity index (χ3n) is 2.94. The lowest BCUT2D eigenvalue weighted by molar-refractivity contribution is 0.598. The highest BCUT2D eigenvalue weighted by Crippen LogP contribution is 2.26. The van der Waals surface area contributed by atoms with Crippen molar-refractivity contribution in [2.75, 3.05) is 0 Å². The van der Waals surface area contributed by atoms with Crippen LogP contribution in [-0.4, -0.2) is 19.4 Å². The first-order chi connectivity index (χ1) is 9.30. The van der Waals surface area contributed by atoms with Gasteiger partial charge < -0.3 is 0 Å². The van der Waals surface area contributed by atoms with E-state index in [0.29, 0.717) is 0 Å². The molecule has 7 heteroatoms. The molecule has 0 spiro atoms. The summed E-state index contributed by atoms with van der Waals surface area (Å²) < 4.78 is 5.99. The Morgan fingerprint density at radius 2 is 2.26 bits per heavy atom. The van der Waals surface area contributed by atoms with Gasteiger partial charge in [-0.1, -0.05) is 24.8 Å². The van der Waals surface area contributed by atoms with Gasteiger partial charge in [0.15, 0.2) is 0 Å². The third-order valence-corrected chi connectivity index (χ3v) is 3.77. The van der Waals surface area contributed by atoms with Gasteiger partial charge in [0.25, 0.3) is 0 Å². The molecule has 19 heavy (non-hydrogen) atoms. The highest BCUT2D eigenvalue weighted by Gasteiger charge is 2.21. The van der Waals surface area contributed by atoms with E-state index in [4.69, 9.17) is 5.84 Å². The highest BCUT2D eigenvalue weighted by atomic mass is 32.1. The topological polar surface area (TPSA) is 81.7 Å². The van der Waals surface area contributed by atoms with Crippen LogP contribution in [0, 0.1) is 0 Å². The Labute approximate surface area is 117 Å². The van der Waals surface area contributed by atoms with E-state index in [2.05, 4.69) is 34.0 Å². The summed E-state index contributed by atoms with van der Waals surface area (Å²) in [5.74, 6) is 5.71. The highest BCUT2D eigenvalue weighted by molar-refractivity contribution is 7.05. The summed E-state index contributed by atoms with van der Waals surface area (Å²) in [6, 6.07) is -0.0767. The molecule has 0 aliphatic heterocycles. The summed E-state index contributed by atoms with van der Waals surface area (Å²) in [7, 11) is 0. The van der Waals surface area contributed by atoms with Crippen LogP contribution in [0.3, 0.4) is 0 Å². The van der Waals surface area contributed by atoms with Gasteiger partial charge in [0.1, 0.15) is 0 Å². The molecule has 0 aromatic carbocycles. The molecule has 0 fully saturated rings. The summed E-state index contributed by atoms with van der Waals surface area (Å²) >= 11 is 1.40. The molecule has 0 bridgehead atoms. The molecule has 104 valence electrons. The number of aryl methyl sites for hydroxylation is 2. The smallest absolute Gasteiger partial charge is 0.0868 e. The van der Waals surface area contributed by atoms with Crippen LogP contribution < -0.4 is 11.3 Å². The number of aromatic nitrogens is 4. The zero-order chi connectivity index (χ0) is 13.7. The molecular formula is C12H20N6S. The van der Waals surface area contributed by atoms with E-state index in [-0.39, 0.29) is 6.04 Å². The Hall–Kier alpha value is -1.31. The molecule has 0 saturated heterocycles. The summed E-state index contributed by atoms with van der Waals surface area (Å²) in [4.78, 5) is 1.08. The quantitative estimate of drug-likeness (QED) is 0.595. The minimum Gasteiger partial charge on any atom is -0.272 e. The molecule has 1 unspecified atom stereocenters. The Morgan fingerprint density at radius 3 is 2.95 bits per heavy atom. The van der Waals surface area contributed by atoms with Crippen molar-refractivity contribution < 1.29 is 0 Å². The standard InChI is InChI=1S/C12H20N6S/c1-3-5-10-12(19-17-16-10)11(15-13)9-7-14-18(8-9)6-4-2/h7-8,11,15H,3-6,13H2,1-2H3. The van der Waals surface area contributed by atoms with Crippen molar-refractivity contribution in [3.8, 4) is 0 Å². The largest absolute Gasteiger partial charge is 0.272 e. The Balaban J connectivity index is 2.24. The van der Waals surface area contributed by atoms with Gasteiger partial charge in [-0.15, -0.1) is 5.10 Å². The predicted octanol–water partition coefficient (Wildman–Crippen LogP) is 1.65. The minimum atomic E-state index is -0.0767. The van der Waals surface area contributed by atoms with Gasteiger partial charge in [0.05, 0.1) is 22.8 Å². The van der Waals surface area contributed by atoms with Crippen molar-refractivity contribution in [1.29, 1.82) is 0 Å². The van der Waals surface area contributed by atoms with Gasteiger partial charge in [-0.2, -0.15) is 5.10 Å². The molecule has 3 N–H and O–H groups in total. The summed E-state index contributed by atoms with van der Waals surface area (Å²) in [5, 5.41) is 8.53. The van der Waals surface area contributed by atoms with Crippen LogP contribution in [0.1, 0.15) is 48.9 Å². The predicted molar refractivity (Wildman–Crippen MR) is 75.6 cm³/mol. The number of nitrogens with two attached hydrogens (primary N) is 1. The zero-order valence-corrected chi connectivity index (χ0v) is 12.2. The van der Waals surface area contributed by atoms with Gasteiger partial charge in [-0.05, 0) is 24.4 Å². The molecule has 0 radical (unpaired) electrons. The van der Waals surface area contributed by atoms with E-state index in [1.807, 2.05) is 17.1 Å². The third kappa shape index (κ3) is 3.17. The van der Waals surface area contributed by atoms with Gasteiger partial charge in [0.2, 0.25) is 0 Å². The fourth-order valence-electron chi connectivity index (χ4n) is 2.05. The number of nitrogens with one attached hydrogen (secondary N) is 1. The van der Waals surface area contributed by atoms with Crippen LogP contribution in [0.5, 0.6) is 0 Å². The lowest BCUT2D eigenvalue weighted by atomic mass is 10.1. The number of hydrogen-bond donors (Lipinski definition) is 2. The number of nitrogens with zero attached hydrogens (tertiary/aromatic N) is 4. The maximum atomic E-state index is 5.71. The molecule has 0 aliphatic rings. The van der Waals surface area contributed by atoms with Crippen molar-refractivity contribution in [1.82, 2.24) is 24.8 Å². The first-order valence-corrected chi connectivity index (χ1v) is 7.37. The molecule has 2 rings (SSSR count). The molecule has 0 amide bonds. The summed E-state index contributed by atoms with van der Waals surface area (Å²) in [6.07, 6.45) is 6.92. The number of hydrogen-bond acceptors (Lipinski definition) is 6. The van der Waals surface area contributed by atoms with Crippen LogP contribution in [-0.2, 0) is 13.0 Å². The van der Waals surface area contributed by atoms with Crippen molar-refractivity contribution in [2.45, 2.75) is 45.7 Å². The molecule has 1 atom stereocenters. The van der Waals surface area contributed by atoms with Crippen LogP contribution in [0.15, 0.2) is 12.4 Å². The molecule has 2 aromatic heterocycles. The van der Waals surface area contributed by atoms with E-state index >= 15 is 0 Å². The first-order valence-electron chi connectivity index (χ1n) is 6.59. The van der Waals surface area contributed by atoms with Crippen molar-refractivity contribution in [2.24, 2.45) is 5.84 Å². The molecule has 2 heterocycles. The second-order valence-corrected chi connectivity index (χ2v) is 5.26. The molecular weight excluding hydrogens is 260 g/mol. The first kappa shape index (κ1) is 14.1. The van der Waals surface area contributed by atoms with E-state index in [9.17, 15) is 0 Å². The zero-order valence-electron chi connectivity index (χ0n) is 11.3. The Bertz CT molecular complexity index is 506. The van der Waals surface area contributed by atoms with Gasteiger partial charge in [0, 0.05) is 18.3 Å². The van der Waals surface area contributed by atoms with Crippen molar-refractivity contribution >= 4 is 11.5 Å². The molecule has 0 aliphatic carbocycles. The normalized spacial score (nSPS) is 12.8. The van der Waals surface area contributed by atoms with E-state index in [1.165, 1.54) is 11.5 Å². The fraction of sp³-hybridized carbons (Fsp3) is 0.583. The maximum absolute atomic E-state index is 5.71. The number of rotatable bonds is 7. The minimum absolute atomic E-state index is 0.0767. The van der Waals surface area contributed by atoms with E-state index in [0.717, 1.165) is 41.9 Å². The lowest BCUT2D eigenvalue weighted by Gasteiger charge is -2.12. The van der Waals surface area contributed by atoms with Crippen LogP contribution in [0.2, 0.25) is 0 Å². The van der Waals surface area contributed by atoms with Crippen molar-refractivity contribution in [3.63, 3.8) is 0 Å². The SMILES string of the molecule is CCCc1nnsc1C(NN)c1cnn(CCC)c1. The monoisotopic (exact) mass is 280 g/mol. The van der Waals surface area contributed by atoms with Crippen LogP contribution >= 0.6 is 11.5 Å². The second kappa shape index (κ2) is 6.74. The molecule has 0 saturated carbocycles. The van der Waals surface area contributed by atoms with Gasteiger partial charge >= 0.3 is 0 Å². The Morgan fingerprint density at radius 1 is 1.42 bits per heavy atom. The van der Waals surface area contributed by atoms with E-state index < -0.39 is 0 Å². The van der Waals surface area contributed by atoms with Crippen LogP contribution in [0.4, 0.5) is 0 Å². The maximum Gasteiger partial charge on any atom is 0.0868 e. The fourth-order valence-corrected chi connectivity index (χ4v) is 2.83. The Kier molecular flexibility index (Phi) is 5.00.